The molecule has 0 fully saturated rings. The highest BCUT2D eigenvalue weighted by Crippen LogP contribution is 2.47. The lowest BCUT2D eigenvalue weighted by Gasteiger charge is -2.16. The van der Waals surface area contributed by atoms with Gasteiger partial charge in [-0.25, -0.2) is 8.42 Å². The average molecular weight is 491 g/mol. The van der Waals surface area contributed by atoms with Crippen molar-refractivity contribution in [1.29, 1.82) is 0 Å². The minimum Gasteiger partial charge on any atom is -0.492 e. The summed E-state index contributed by atoms with van der Waals surface area (Å²) in [6.07, 6.45) is 4.17. The number of methoxy groups -OCH3 is 1. The number of furan rings is 1. The molecule has 0 aliphatic carbocycles. The Morgan fingerprint density at radius 2 is 2.03 bits per heavy atom. The summed E-state index contributed by atoms with van der Waals surface area (Å²) in [5.41, 5.74) is 0.386. The fourth-order valence-electron chi connectivity index (χ4n) is 3.15. The zero-order valence-corrected chi connectivity index (χ0v) is 18.9. The van der Waals surface area contributed by atoms with Gasteiger partial charge in [0.15, 0.2) is 11.5 Å². The van der Waals surface area contributed by atoms with Gasteiger partial charge in [0.1, 0.15) is 10.7 Å². The molecule has 1 aromatic heterocycles. The van der Waals surface area contributed by atoms with E-state index >= 15 is 0 Å². The summed E-state index contributed by atoms with van der Waals surface area (Å²) in [7, 11) is -2.67. The number of hydrogen-bond acceptors (Lipinski definition) is 7. The molecule has 0 saturated carbocycles. The molecule has 2 aromatic carbocycles. The number of nitrogens with one attached hydrogen (secondary N) is 2. The summed E-state index contributed by atoms with van der Waals surface area (Å²) >= 11 is 6.08. The van der Waals surface area contributed by atoms with Gasteiger partial charge >= 0.3 is 0 Å². The Kier molecular flexibility index (Phi) is 6.47. The van der Waals surface area contributed by atoms with Crippen molar-refractivity contribution in [2.75, 3.05) is 18.6 Å². The van der Waals surface area contributed by atoms with E-state index in [1.165, 1.54) is 43.7 Å². The van der Waals surface area contributed by atoms with Crippen LogP contribution in [0, 0.1) is 0 Å². The van der Waals surface area contributed by atoms with Gasteiger partial charge in [-0.05, 0) is 30.3 Å². The number of hydrogen-bond donors (Lipinski definition) is 2. The average Bonchev–Trinajstić information content (AvgIpc) is 3.47. The standard InChI is InChI=1S/C22H19ClN2O7S/c1-29-21-15(8-9-20(26)24-12-14-5-4-10-30-14)17(11-18-22(21)32-13-31-18)25-33(27,28)19-7-3-2-6-16(19)23/h2-11,25H,12-13H2,1H3,(H,24,26). The van der Waals surface area contributed by atoms with Crippen LogP contribution in [0.3, 0.4) is 0 Å². The molecular formula is C22H19ClN2O7S. The number of carbonyl (C=O) groups excluding carboxylic acids is 1. The summed E-state index contributed by atoms with van der Waals surface area (Å²) in [5, 5.41) is 2.74. The van der Waals surface area contributed by atoms with Crippen LogP contribution in [0.5, 0.6) is 17.2 Å². The van der Waals surface area contributed by atoms with Gasteiger partial charge in [0.2, 0.25) is 18.4 Å². The third-order valence-corrected chi connectivity index (χ3v) is 6.52. The Morgan fingerprint density at radius 3 is 2.76 bits per heavy atom. The second kappa shape index (κ2) is 9.47. The van der Waals surface area contributed by atoms with Crippen molar-refractivity contribution >= 4 is 39.3 Å². The van der Waals surface area contributed by atoms with Gasteiger partial charge < -0.3 is 23.9 Å². The van der Waals surface area contributed by atoms with E-state index < -0.39 is 15.9 Å². The Balaban J connectivity index is 1.68. The molecular weight excluding hydrogens is 472 g/mol. The number of ether oxygens (including phenoxy) is 3. The lowest BCUT2D eigenvalue weighted by atomic mass is 10.1. The lowest BCUT2D eigenvalue weighted by molar-refractivity contribution is -0.116. The molecule has 0 bridgehead atoms. The molecule has 9 nitrogen and oxygen atoms in total. The second-order valence-electron chi connectivity index (χ2n) is 6.77. The van der Waals surface area contributed by atoms with Crippen LogP contribution in [0.1, 0.15) is 11.3 Å². The van der Waals surface area contributed by atoms with Gasteiger partial charge in [-0.15, -0.1) is 0 Å². The third-order valence-electron chi connectivity index (χ3n) is 4.65. The molecule has 3 aromatic rings. The molecule has 0 atom stereocenters. The molecule has 0 spiro atoms. The van der Waals surface area contributed by atoms with E-state index in [-0.39, 0.29) is 40.3 Å². The molecule has 2 N–H and O–H groups in total. The Bertz CT molecular complexity index is 1300. The van der Waals surface area contributed by atoms with Gasteiger partial charge in [0.05, 0.1) is 30.6 Å². The molecule has 172 valence electrons. The maximum Gasteiger partial charge on any atom is 0.263 e. The Morgan fingerprint density at radius 1 is 1.21 bits per heavy atom. The van der Waals surface area contributed by atoms with E-state index in [0.717, 1.165) is 0 Å². The monoisotopic (exact) mass is 490 g/mol. The van der Waals surface area contributed by atoms with Crippen LogP contribution in [0.15, 0.2) is 64.1 Å². The Hall–Kier alpha value is -3.63. The highest BCUT2D eigenvalue weighted by molar-refractivity contribution is 7.92. The van der Waals surface area contributed by atoms with Gasteiger partial charge in [-0.2, -0.15) is 0 Å². The predicted molar refractivity (Wildman–Crippen MR) is 121 cm³/mol. The van der Waals surface area contributed by atoms with Crippen molar-refractivity contribution in [3.63, 3.8) is 0 Å². The first-order valence-electron chi connectivity index (χ1n) is 9.65. The van der Waals surface area contributed by atoms with Crippen LogP contribution < -0.4 is 24.2 Å². The molecule has 2 heterocycles. The molecule has 1 aliphatic heterocycles. The number of benzene rings is 2. The van der Waals surface area contributed by atoms with Crippen molar-refractivity contribution < 1.29 is 31.8 Å². The number of anilines is 1. The molecule has 4 rings (SSSR count). The van der Waals surface area contributed by atoms with Crippen LogP contribution >= 0.6 is 11.6 Å². The minimum absolute atomic E-state index is 0.0564. The van der Waals surface area contributed by atoms with Crippen LogP contribution in [0.25, 0.3) is 6.08 Å². The second-order valence-corrected chi connectivity index (χ2v) is 8.83. The van der Waals surface area contributed by atoms with Crippen molar-refractivity contribution in [2.45, 2.75) is 11.4 Å². The minimum atomic E-state index is -4.07. The van der Waals surface area contributed by atoms with Gasteiger partial charge in [0.25, 0.3) is 10.0 Å². The number of halogens is 1. The molecule has 11 heteroatoms. The molecule has 0 saturated heterocycles. The third kappa shape index (κ3) is 4.91. The van der Waals surface area contributed by atoms with E-state index in [2.05, 4.69) is 10.0 Å². The first-order chi connectivity index (χ1) is 15.9. The van der Waals surface area contributed by atoms with Crippen LogP contribution in [-0.2, 0) is 21.4 Å². The SMILES string of the molecule is COc1c(C=CC(=O)NCc2ccco2)c(NS(=O)(=O)c2ccccc2Cl)cc2c1OCO2. The number of fused-ring (bicyclic) bond motifs is 1. The largest absolute Gasteiger partial charge is 0.492 e. The van der Waals surface area contributed by atoms with E-state index in [0.29, 0.717) is 17.3 Å². The van der Waals surface area contributed by atoms with E-state index in [1.54, 1.807) is 24.3 Å². The topological polar surface area (TPSA) is 116 Å². The van der Waals surface area contributed by atoms with Crippen molar-refractivity contribution in [1.82, 2.24) is 5.32 Å². The molecule has 0 radical (unpaired) electrons. The van der Waals surface area contributed by atoms with Crippen LogP contribution in [0.4, 0.5) is 5.69 Å². The fourth-order valence-corrected chi connectivity index (χ4v) is 4.74. The van der Waals surface area contributed by atoms with Crippen molar-refractivity contribution in [2.24, 2.45) is 0 Å². The van der Waals surface area contributed by atoms with Gasteiger partial charge in [-0.1, -0.05) is 23.7 Å². The Labute approximate surface area is 195 Å². The molecule has 1 amide bonds. The highest BCUT2D eigenvalue weighted by atomic mass is 35.5. The zero-order valence-electron chi connectivity index (χ0n) is 17.3. The summed E-state index contributed by atoms with van der Waals surface area (Å²) in [5.74, 6) is 0.963. The first kappa shape index (κ1) is 22.6. The summed E-state index contributed by atoms with van der Waals surface area (Å²) in [4.78, 5) is 12.2. The van der Waals surface area contributed by atoms with E-state index in [9.17, 15) is 13.2 Å². The highest BCUT2D eigenvalue weighted by Gasteiger charge is 2.27. The molecule has 33 heavy (non-hydrogen) atoms. The summed E-state index contributed by atoms with van der Waals surface area (Å²) in [6, 6.07) is 10.9. The maximum absolute atomic E-state index is 13.0. The van der Waals surface area contributed by atoms with Crippen molar-refractivity contribution in [3.05, 3.63) is 71.2 Å². The van der Waals surface area contributed by atoms with Crippen LogP contribution in [0.2, 0.25) is 5.02 Å². The number of rotatable bonds is 8. The molecule has 0 unspecified atom stereocenters. The van der Waals surface area contributed by atoms with Crippen molar-refractivity contribution in [3.8, 4) is 17.2 Å². The van der Waals surface area contributed by atoms with Crippen LogP contribution in [-0.4, -0.2) is 28.2 Å². The summed E-state index contributed by atoms with van der Waals surface area (Å²) < 4.78 is 50.1. The predicted octanol–water partition coefficient (Wildman–Crippen LogP) is 3.80. The fraction of sp³-hybridized carbons (Fsp3) is 0.136. The number of carbonyl (C=O) groups is 1. The zero-order chi connectivity index (χ0) is 23.4. The smallest absolute Gasteiger partial charge is 0.263 e. The molecule has 1 aliphatic rings. The maximum atomic E-state index is 13.0. The lowest BCUT2D eigenvalue weighted by Crippen LogP contribution is -2.20. The normalized spacial score (nSPS) is 12.7. The first-order valence-corrected chi connectivity index (χ1v) is 11.5. The van der Waals surface area contributed by atoms with E-state index in [1.807, 2.05) is 0 Å². The van der Waals surface area contributed by atoms with Gasteiger partial charge in [0, 0.05) is 17.7 Å². The number of amides is 1. The quantitative estimate of drug-likeness (QED) is 0.461. The van der Waals surface area contributed by atoms with E-state index in [4.69, 9.17) is 30.2 Å². The summed E-state index contributed by atoms with van der Waals surface area (Å²) in [6.45, 7) is 0.139. The van der Waals surface area contributed by atoms with Gasteiger partial charge in [-0.3, -0.25) is 9.52 Å². The number of sulfonamides is 1.